The first kappa shape index (κ1) is 16.1. The molecule has 1 saturated heterocycles. The van der Waals surface area contributed by atoms with E-state index in [1.165, 1.54) is 12.8 Å². The summed E-state index contributed by atoms with van der Waals surface area (Å²) in [7, 11) is 0. The summed E-state index contributed by atoms with van der Waals surface area (Å²) in [4.78, 5) is 19.2. The molecule has 3 N–H and O–H groups in total. The maximum atomic E-state index is 13.1. The van der Waals surface area contributed by atoms with Gasteiger partial charge in [0, 0.05) is 24.2 Å². The number of anilines is 1. The number of nitrogens with one attached hydrogen (secondary N) is 1. The van der Waals surface area contributed by atoms with Gasteiger partial charge in [0.2, 0.25) is 5.91 Å². The Hall–Kier alpha value is -2.37. The number of pyridine rings is 1. The molecule has 2 aromatic rings. The number of amides is 1. The van der Waals surface area contributed by atoms with Crippen molar-refractivity contribution in [2.45, 2.75) is 51.0 Å². The molecule has 1 atom stereocenters. The zero-order valence-electron chi connectivity index (χ0n) is 14.4. The van der Waals surface area contributed by atoms with E-state index in [0.29, 0.717) is 11.7 Å². The van der Waals surface area contributed by atoms with Gasteiger partial charge in [0.1, 0.15) is 5.82 Å². The second-order valence-corrected chi connectivity index (χ2v) is 7.19. The van der Waals surface area contributed by atoms with Gasteiger partial charge in [-0.2, -0.15) is 5.10 Å². The van der Waals surface area contributed by atoms with Crippen LogP contribution >= 0.6 is 0 Å². The molecule has 2 aromatic heterocycles. The minimum atomic E-state index is 0.0775. The number of carbonyl (C=O) groups excluding carboxylic acids is 1. The Kier molecular flexibility index (Phi) is 4.42. The van der Waals surface area contributed by atoms with E-state index in [0.717, 1.165) is 55.5 Å². The Morgan fingerprint density at radius 2 is 2.00 bits per heavy atom. The maximum Gasteiger partial charge on any atom is 0.226 e. The highest BCUT2D eigenvalue weighted by Crippen LogP contribution is 2.38. The molecule has 1 aliphatic carbocycles. The summed E-state index contributed by atoms with van der Waals surface area (Å²) in [6.07, 6.45) is 11.2. The van der Waals surface area contributed by atoms with Crippen LogP contribution in [0.1, 0.15) is 56.7 Å². The Bertz CT molecular complexity index is 750. The zero-order chi connectivity index (χ0) is 17.2. The minimum Gasteiger partial charge on any atom is -0.384 e. The lowest BCUT2D eigenvalue weighted by molar-refractivity contribution is -0.139. The highest BCUT2D eigenvalue weighted by atomic mass is 16.2. The van der Waals surface area contributed by atoms with Gasteiger partial charge in [-0.05, 0) is 49.8 Å². The standard InChI is InChI=1S/C19H25N5O/c20-17-11-14(8-9-21-17)15-12-22-23-18(15)16-7-3-4-10-24(16)19(25)13-5-1-2-6-13/h8-9,11-13,16H,1-7,10H2,(H2,20,21)(H,22,23). The van der Waals surface area contributed by atoms with Crippen LogP contribution in [0.15, 0.2) is 24.5 Å². The first-order valence-electron chi connectivity index (χ1n) is 9.29. The first-order valence-corrected chi connectivity index (χ1v) is 9.29. The molecule has 6 heteroatoms. The SMILES string of the molecule is Nc1cc(-c2cn[nH]c2C2CCCCN2C(=O)C2CCCC2)ccn1. The van der Waals surface area contributed by atoms with Gasteiger partial charge in [0.15, 0.2) is 0 Å². The van der Waals surface area contributed by atoms with Crippen LogP contribution in [0.4, 0.5) is 5.82 Å². The van der Waals surface area contributed by atoms with E-state index in [1.807, 2.05) is 18.3 Å². The summed E-state index contributed by atoms with van der Waals surface area (Å²) >= 11 is 0. The molecule has 1 unspecified atom stereocenters. The van der Waals surface area contributed by atoms with E-state index in [4.69, 9.17) is 5.73 Å². The molecule has 0 bridgehead atoms. The fraction of sp³-hybridized carbons (Fsp3) is 0.526. The maximum absolute atomic E-state index is 13.1. The van der Waals surface area contributed by atoms with Gasteiger partial charge in [0.05, 0.1) is 17.9 Å². The molecule has 4 rings (SSSR count). The number of hydrogen-bond donors (Lipinski definition) is 2. The summed E-state index contributed by atoms with van der Waals surface area (Å²) in [5.74, 6) is 1.03. The Labute approximate surface area is 147 Å². The van der Waals surface area contributed by atoms with Gasteiger partial charge in [0.25, 0.3) is 0 Å². The third kappa shape index (κ3) is 3.13. The smallest absolute Gasteiger partial charge is 0.226 e. The van der Waals surface area contributed by atoms with Crippen molar-refractivity contribution in [3.8, 4) is 11.1 Å². The molecule has 0 spiro atoms. The van der Waals surface area contributed by atoms with E-state index >= 15 is 0 Å². The molecule has 2 fully saturated rings. The van der Waals surface area contributed by atoms with E-state index in [1.54, 1.807) is 6.20 Å². The van der Waals surface area contributed by atoms with Crippen molar-refractivity contribution in [1.82, 2.24) is 20.1 Å². The normalized spacial score (nSPS) is 21.6. The van der Waals surface area contributed by atoms with Gasteiger partial charge in [-0.1, -0.05) is 12.8 Å². The molecule has 25 heavy (non-hydrogen) atoms. The molecule has 132 valence electrons. The number of rotatable bonds is 3. The van der Waals surface area contributed by atoms with Crippen LogP contribution in [0, 0.1) is 5.92 Å². The number of hydrogen-bond acceptors (Lipinski definition) is 4. The zero-order valence-corrected chi connectivity index (χ0v) is 14.4. The average Bonchev–Trinajstić information content (AvgIpc) is 3.33. The van der Waals surface area contributed by atoms with Gasteiger partial charge in [-0.3, -0.25) is 9.89 Å². The number of aromatic nitrogens is 3. The molecule has 2 aliphatic rings. The van der Waals surface area contributed by atoms with E-state index in [-0.39, 0.29) is 12.0 Å². The van der Waals surface area contributed by atoms with Gasteiger partial charge >= 0.3 is 0 Å². The van der Waals surface area contributed by atoms with Crippen LogP contribution in [0.5, 0.6) is 0 Å². The second-order valence-electron chi connectivity index (χ2n) is 7.19. The van der Waals surface area contributed by atoms with Crippen molar-refractivity contribution >= 4 is 11.7 Å². The van der Waals surface area contributed by atoms with E-state index in [2.05, 4.69) is 20.1 Å². The van der Waals surface area contributed by atoms with Crippen LogP contribution in [-0.4, -0.2) is 32.5 Å². The van der Waals surface area contributed by atoms with Crippen LogP contribution in [0.3, 0.4) is 0 Å². The van der Waals surface area contributed by atoms with Crippen LogP contribution < -0.4 is 5.73 Å². The molecular formula is C19H25N5O. The molecule has 0 radical (unpaired) electrons. The first-order chi connectivity index (χ1) is 12.2. The number of nitrogen functional groups attached to an aromatic ring is 1. The predicted molar refractivity (Wildman–Crippen MR) is 96.5 cm³/mol. The fourth-order valence-electron chi connectivity index (χ4n) is 4.30. The topological polar surface area (TPSA) is 87.9 Å². The predicted octanol–water partition coefficient (Wildman–Crippen LogP) is 3.30. The van der Waals surface area contributed by atoms with Crippen molar-refractivity contribution in [2.24, 2.45) is 5.92 Å². The monoisotopic (exact) mass is 339 g/mol. The number of piperidine rings is 1. The van der Waals surface area contributed by atoms with Gasteiger partial charge < -0.3 is 10.6 Å². The van der Waals surface area contributed by atoms with Crippen molar-refractivity contribution < 1.29 is 4.79 Å². The minimum absolute atomic E-state index is 0.0775. The summed E-state index contributed by atoms with van der Waals surface area (Å²) in [5, 5.41) is 7.43. The number of nitrogens with two attached hydrogens (primary N) is 1. The summed E-state index contributed by atoms with van der Waals surface area (Å²) in [6, 6.07) is 3.88. The number of aromatic amines is 1. The second kappa shape index (κ2) is 6.86. The molecule has 6 nitrogen and oxygen atoms in total. The third-order valence-corrected chi connectivity index (χ3v) is 5.58. The third-order valence-electron chi connectivity index (χ3n) is 5.58. The lowest BCUT2D eigenvalue weighted by Crippen LogP contribution is -2.41. The number of likely N-dealkylation sites (tertiary alicyclic amines) is 1. The lowest BCUT2D eigenvalue weighted by Gasteiger charge is -2.37. The molecule has 1 amide bonds. The summed E-state index contributed by atoms with van der Waals surface area (Å²) in [5.41, 5.74) is 8.88. The van der Waals surface area contributed by atoms with Crippen molar-refractivity contribution in [3.05, 3.63) is 30.2 Å². The number of carbonyl (C=O) groups is 1. The van der Waals surface area contributed by atoms with E-state index in [9.17, 15) is 4.79 Å². The Balaban J connectivity index is 1.65. The van der Waals surface area contributed by atoms with Crippen LogP contribution in [-0.2, 0) is 4.79 Å². The average molecular weight is 339 g/mol. The fourth-order valence-corrected chi connectivity index (χ4v) is 4.30. The van der Waals surface area contributed by atoms with Crippen LogP contribution in [0.25, 0.3) is 11.1 Å². The molecule has 1 aliphatic heterocycles. The number of nitrogens with zero attached hydrogens (tertiary/aromatic N) is 3. The Morgan fingerprint density at radius 3 is 2.80 bits per heavy atom. The van der Waals surface area contributed by atoms with Gasteiger partial charge in [-0.25, -0.2) is 4.98 Å². The lowest BCUT2D eigenvalue weighted by atomic mass is 9.93. The molecule has 3 heterocycles. The molecular weight excluding hydrogens is 314 g/mol. The Morgan fingerprint density at radius 1 is 1.20 bits per heavy atom. The quantitative estimate of drug-likeness (QED) is 0.898. The van der Waals surface area contributed by atoms with Crippen LogP contribution in [0.2, 0.25) is 0 Å². The molecule has 0 aromatic carbocycles. The molecule has 1 saturated carbocycles. The van der Waals surface area contributed by atoms with Crippen molar-refractivity contribution in [2.75, 3.05) is 12.3 Å². The highest BCUT2D eigenvalue weighted by molar-refractivity contribution is 5.80. The van der Waals surface area contributed by atoms with Crippen molar-refractivity contribution in [3.63, 3.8) is 0 Å². The highest BCUT2D eigenvalue weighted by Gasteiger charge is 2.35. The van der Waals surface area contributed by atoms with Gasteiger partial charge in [-0.15, -0.1) is 0 Å². The van der Waals surface area contributed by atoms with E-state index < -0.39 is 0 Å². The number of H-pyrrole nitrogens is 1. The summed E-state index contributed by atoms with van der Waals surface area (Å²) in [6.45, 7) is 0.844. The summed E-state index contributed by atoms with van der Waals surface area (Å²) < 4.78 is 0. The largest absolute Gasteiger partial charge is 0.384 e. The van der Waals surface area contributed by atoms with Crippen molar-refractivity contribution in [1.29, 1.82) is 0 Å².